The number of fused-ring (bicyclic) bond motifs is 1. The number of nitrogens with zero attached hydrogens (tertiary/aromatic N) is 1. The number of nitrogens with one attached hydrogen (secondary N) is 2. The van der Waals surface area contributed by atoms with Crippen molar-refractivity contribution in [3.05, 3.63) is 30.1 Å². The first kappa shape index (κ1) is 11.2. The number of carboxylic acid groups (broad SMARTS) is 1. The van der Waals surface area contributed by atoms with Gasteiger partial charge in [0, 0.05) is 17.8 Å². The van der Waals surface area contributed by atoms with E-state index in [1.165, 1.54) is 0 Å². The van der Waals surface area contributed by atoms with Crippen molar-refractivity contribution >= 4 is 17.0 Å². The van der Waals surface area contributed by atoms with Crippen molar-refractivity contribution in [2.45, 2.75) is 24.8 Å². The number of H-pyrrole nitrogens is 1. The number of pyridine rings is 1. The second-order valence-electron chi connectivity index (χ2n) is 4.73. The van der Waals surface area contributed by atoms with Crippen LogP contribution in [-0.2, 0) is 4.79 Å². The van der Waals surface area contributed by atoms with Gasteiger partial charge >= 0.3 is 5.97 Å². The number of aromatic nitrogens is 2. The highest BCUT2D eigenvalue weighted by molar-refractivity contribution is 5.76. The van der Waals surface area contributed by atoms with E-state index in [0.29, 0.717) is 6.42 Å². The third-order valence-corrected chi connectivity index (χ3v) is 3.55. The van der Waals surface area contributed by atoms with E-state index in [2.05, 4.69) is 15.3 Å². The third kappa shape index (κ3) is 1.97. The Balaban J connectivity index is 1.87. The van der Waals surface area contributed by atoms with Crippen LogP contribution in [0.25, 0.3) is 11.0 Å². The normalized spacial score (nSPS) is 24.2. The molecule has 0 bridgehead atoms. The predicted octanol–water partition coefficient (Wildman–Crippen LogP) is 1.48. The van der Waals surface area contributed by atoms with Crippen LogP contribution in [0.1, 0.15) is 24.5 Å². The lowest BCUT2D eigenvalue weighted by Crippen LogP contribution is -2.42. The Morgan fingerprint density at radius 1 is 1.50 bits per heavy atom. The molecule has 5 heteroatoms. The summed E-state index contributed by atoms with van der Waals surface area (Å²) in [7, 11) is 0. The SMILES string of the molecule is O=C(O)C1CC(c2cc3ncccc3[nH]2)CCN1. The first-order valence-electron chi connectivity index (χ1n) is 6.14. The van der Waals surface area contributed by atoms with Gasteiger partial charge in [-0.3, -0.25) is 9.78 Å². The van der Waals surface area contributed by atoms with Crippen molar-refractivity contribution in [1.82, 2.24) is 15.3 Å². The van der Waals surface area contributed by atoms with Crippen LogP contribution in [0.2, 0.25) is 0 Å². The molecule has 1 fully saturated rings. The average molecular weight is 245 g/mol. The van der Waals surface area contributed by atoms with Gasteiger partial charge in [-0.1, -0.05) is 0 Å². The van der Waals surface area contributed by atoms with E-state index in [9.17, 15) is 4.79 Å². The van der Waals surface area contributed by atoms with Gasteiger partial charge in [-0.25, -0.2) is 0 Å². The van der Waals surface area contributed by atoms with Crippen LogP contribution in [-0.4, -0.2) is 33.6 Å². The van der Waals surface area contributed by atoms with Crippen molar-refractivity contribution in [2.24, 2.45) is 0 Å². The molecule has 5 nitrogen and oxygen atoms in total. The van der Waals surface area contributed by atoms with Crippen LogP contribution in [0.15, 0.2) is 24.4 Å². The maximum atomic E-state index is 11.0. The van der Waals surface area contributed by atoms with Crippen LogP contribution in [0, 0.1) is 0 Å². The fourth-order valence-corrected chi connectivity index (χ4v) is 2.59. The van der Waals surface area contributed by atoms with Gasteiger partial charge in [0.1, 0.15) is 6.04 Å². The van der Waals surface area contributed by atoms with Crippen molar-refractivity contribution in [3.63, 3.8) is 0 Å². The van der Waals surface area contributed by atoms with Gasteiger partial charge in [-0.15, -0.1) is 0 Å². The molecule has 0 amide bonds. The summed E-state index contributed by atoms with van der Waals surface area (Å²) in [5.41, 5.74) is 3.05. The highest BCUT2D eigenvalue weighted by atomic mass is 16.4. The minimum Gasteiger partial charge on any atom is -0.480 e. The molecule has 1 saturated heterocycles. The molecule has 2 unspecified atom stereocenters. The molecule has 0 radical (unpaired) electrons. The summed E-state index contributed by atoms with van der Waals surface area (Å²) in [5.74, 6) is -0.504. The Morgan fingerprint density at radius 3 is 3.17 bits per heavy atom. The molecule has 0 saturated carbocycles. The van der Waals surface area contributed by atoms with Crippen LogP contribution in [0.3, 0.4) is 0 Å². The summed E-state index contributed by atoms with van der Waals surface area (Å²) in [5, 5.41) is 12.1. The second-order valence-corrected chi connectivity index (χ2v) is 4.73. The van der Waals surface area contributed by atoms with Crippen molar-refractivity contribution in [2.75, 3.05) is 6.54 Å². The van der Waals surface area contributed by atoms with Crippen molar-refractivity contribution in [1.29, 1.82) is 0 Å². The zero-order chi connectivity index (χ0) is 12.5. The molecular weight excluding hydrogens is 230 g/mol. The molecule has 0 spiro atoms. The zero-order valence-corrected chi connectivity index (χ0v) is 9.89. The Hall–Kier alpha value is -1.88. The number of aliphatic carboxylic acids is 1. The molecule has 2 atom stereocenters. The van der Waals surface area contributed by atoms with Crippen LogP contribution in [0.5, 0.6) is 0 Å². The summed E-state index contributed by atoms with van der Waals surface area (Å²) in [6.07, 6.45) is 3.35. The molecule has 18 heavy (non-hydrogen) atoms. The van der Waals surface area contributed by atoms with E-state index in [1.54, 1.807) is 6.20 Å². The topological polar surface area (TPSA) is 78.0 Å². The average Bonchev–Trinajstić information content (AvgIpc) is 2.82. The summed E-state index contributed by atoms with van der Waals surface area (Å²) >= 11 is 0. The fraction of sp³-hybridized carbons (Fsp3) is 0.385. The Kier molecular flexibility index (Phi) is 2.76. The number of rotatable bonds is 2. The molecule has 1 aliphatic rings. The maximum absolute atomic E-state index is 11.0. The summed E-state index contributed by atoms with van der Waals surface area (Å²) in [6, 6.07) is 5.47. The molecule has 2 aromatic rings. The summed E-state index contributed by atoms with van der Waals surface area (Å²) < 4.78 is 0. The molecule has 0 aromatic carbocycles. The molecule has 2 aromatic heterocycles. The lowest BCUT2D eigenvalue weighted by atomic mass is 9.90. The van der Waals surface area contributed by atoms with E-state index in [4.69, 9.17) is 5.11 Å². The van der Waals surface area contributed by atoms with Gasteiger partial charge in [0.25, 0.3) is 0 Å². The number of aromatic amines is 1. The number of carbonyl (C=O) groups is 1. The van der Waals surface area contributed by atoms with Crippen LogP contribution >= 0.6 is 0 Å². The second kappa shape index (κ2) is 4.42. The quantitative estimate of drug-likeness (QED) is 0.749. The minimum absolute atomic E-state index is 0.265. The molecule has 3 N–H and O–H groups in total. The molecular formula is C13H15N3O2. The zero-order valence-electron chi connectivity index (χ0n) is 9.89. The van der Waals surface area contributed by atoms with E-state index >= 15 is 0 Å². The largest absolute Gasteiger partial charge is 0.480 e. The molecule has 94 valence electrons. The van der Waals surface area contributed by atoms with Gasteiger partial charge < -0.3 is 15.4 Å². The number of hydrogen-bond acceptors (Lipinski definition) is 3. The van der Waals surface area contributed by atoms with Crippen molar-refractivity contribution in [3.8, 4) is 0 Å². The lowest BCUT2D eigenvalue weighted by Gasteiger charge is -2.27. The minimum atomic E-state index is -0.770. The summed E-state index contributed by atoms with van der Waals surface area (Å²) in [6.45, 7) is 0.741. The molecule has 3 heterocycles. The van der Waals surface area contributed by atoms with E-state index in [0.717, 1.165) is 29.7 Å². The van der Waals surface area contributed by atoms with Crippen LogP contribution in [0.4, 0.5) is 0 Å². The smallest absolute Gasteiger partial charge is 0.320 e. The van der Waals surface area contributed by atoms with Crippen molar-refractivity contribution < 1.29 is 9.90 Å². The van der Waals surface area contributed by atoms with Gasteiger partial charge in [0.2, 0.25) is 0 Å². The van der Waals surface area contributed by atoms with Gasteiger partial charge in [-0.2, -0.15) is 0 Å². The number of hydrogen-bond donors (Lipinski definition) is 3. The van der Waals surface area contributed by atoms with Gasteiger partial charge in [0.15, 0.2) is 0 Å². The fourth-order valence-electron chi connectivity index (χ4n) is 2.59. The van der Waals surface area contributed by atoms with E-state index < -0.39 is 12.0 Å². The maximum Gasteiger partial charge on any atom is 0.320 e. The lowest BCUT2D eigenvalue weighted by molar-refractivity contribution is -0.140. The Morgan fingerprint density at radius 2 is 2.39 bits per heavy atom. The first-order chi connectivity index (χ1) is 8.74. The Bertz CT molecular complexity index is 545. The first-order valence-corrected chi connectivity index (χ1v) is 6.14. The predicted molar refractivity (Wildman–Crippen MR) is 67.5 cm³/mol. The number of carboxylic acids is 1. The molecule has 1 aliphatic heterocycles. The third-order valence-electron chi connectivity index (χ3n) is 3.55. The van der Waals surface area contributed by atoms with E-state index in [-0.39, 0.29) is 5.92 Å². The van der Waals surface area contributed by atoms with Gasteiger partial charge in [-0.05, 0) is 37.6 Å². The van der Waals surface area contributed by atoms with E-state index in [1.807, 2.05) is 18.2 Å². The highest BCUT2D eigenvalue weighted by Gasteiger charge is 2.28. The molecule has 3 rings (SSSR count). The van der Waals surface area contributed by atoms with Crippen LogP contribution < -0.4 is 5.32 Å². The number of piperidine rings is 1. The monoisotopic (exact) mass is 245 g/mol. The standard InChI is InChI=1S/C13H15N3O2/c17-13(18)12-6-8(3-5-15-12)10-7-11-9(16-10)2-1-4-14-11/h1-2,4,7-8,12,15-16H,3,5-6H2,(H,17,18). The summed E-state index contributed by atoms with van der Waals surface area (Å²) in [4.78, 5) is 18.6. The highest BCUT2D eigenvalue weighted by Crippen LogP contribution is 2.29. The Labute approximate surface area is 104 Å². The van der Waals surface area contributed by atoms with Gasteiger partial charge in [0.05, 0.1) is 11.0 Å². The molecule has 0 aliphatic carbocycles.